The van der Waals surface area contributed by atoms with E-state index in [4.69, 9.17) is 0 Å². The van der Waals surface area contributed by atoms with Crippen LogP contribution in [-0.2, 0) is 0 Å². The highest BCUT2D eigenvalue weighted by molar-refractivity contribution is 6.72. The van der Waals surface area contributed by atoms with Crippen LogP contribution in [0, 0.1) is 0 Å². The van der Waals surface area contributed by atoms with Gasteiger partial charge in [-0.25, -0.2) is 0 Å². The lowest BCUT2D eigenvalue weighted by Gasteiger charge is -2.34. The molecule has 0 atom stereocenters. The van der Waals surface area contributed by atoms with Gasteiger partial charge in [0.2, 0.25) is 0 Å². The lowest BCUT2D eigenvalue weighted by molar-refractivity contribution is 0.647. The zero-order valence-electron chi connectivity index (χ0n) is 13.8. The van der Waals surface area contributed by atoms with Gasteiger partial charge in [-0.3, -0.25) is 0 Å². The summed E-state index contributed by atoms with van der Waals surface area (Å²) in [5.41, 5.74) is 0. The Morgan fingerprint density at radius 2 is 0.947 bits per heavy atom. The Morgan fingerprint density at radius 3 is 1.21 bits per heavy atom. The minimum atomic E-state index is -1.66. The van der Waals surface area contributed by atoms with Gasteiger partial charge in [0.15, 0.2) is 0 Å². The van der Waals surface area contributed by atoms with E-state index in [9.17, 15) is 0 Å². The smallest absolute Gasteiger partial charge is 0.281 e. The predicted molar refractivity (Wildman–Crippen MR) is 89.6 cm³/mol. The van der Waals surface area contributed by atoms with Crippen molar-refractivity contribution in [1.82, 2.24) is 14.9 Å². The van der Waals surface area contributed by atoms with E-state index in [1.54, 1.807) is 0 Å². The van der Waals surface area contributed by atoms with Gasteiger partial charge in [0.05, 0.1) is 0 Å². The largest absolute Gasteiger partial charge is 0.313 e. The number of hydrogen-bond donors (Lipinski definition) is 3. The van der Waals surface area contributed by atoms with Crippen molar-refractivity contribution in [1.29, 1.82) is 0 Å². The molecule has 0 fully saturated rings. The molecule has 0 spiro atoms. The monoisotopic (exact) mass is 287 g/mol. The van der Waals surface area contributed by atoms with Crippen molar-refractivity contribution in [3.8, 4) is 0 Å². The molecule has 0 bridgehead atoms. The summed E-state index contributed by atoms with van der Waals surface area (Å²) in [6.45, 7) is 12.6. The minimum absolute atomic E-state index is 1.15. The lowest BCUT2D eigenvalue weighted by Crippen LogP contribution is -2.72. The summed E-state index contributed by atoms with van der Waals surface area (Å²) < 4.78 is 0. The van der Waals surface area contributed by atoms with E-state index in [0.29, 0.717) is 0 Å². The zero-order valence-corrected chi connectivity index (χ0v) is 14.8. The summed E-state index contributed by atoms with van der Waals surface area (Å²) in [7, 11) is -1.66. The topological polar surface area (TPSA) is 36.1 Å². The third-order valence-electron chi connectivity index (χ3n) is 3.50. The van der Waals surface area contributed by atoms with E-state index in [-0.39, 0.29) is 0 Å². The molecule has 0 amide bonds. The zero-order chi connectivity index (χ0) is 14.4. The van der Waals surface area contributed by atoms with E-state index in [1.165, 1.54) is 51.0 Å². The fraction of sp³-hybridized carbons (Fsp3) is 1.00. The summed E-state index contributed by atoms with van der Waals surface area (Å²) in [5, 5.41) is 0. The van der Waals surface area contributed by atoms with E-state index in [0.717, 1.165) is 19.6 Å². The Hall–Kier alpha value is 0.0969. The van der Waals surface area contributed by atoms with Crippen LogP contribution in [-0.4, -0.2) is 28.2 Å². The fourth-order valence-electron chi connectivity index (χ4n) is 2.26. The Bertz CT molecular complexity index is 162. The lowest BCUT2D eigenvalue weighted by atomic mass is 10.3. The average Bonchev–Trinajstić information content (AvgIpc) is 2.40. The molecule has 3 nitrogen and oxygen atoms in total. The van der Waals surface area contributed by atoms with E-state index in [2.05, 4.69) is 42.6 Å². The molecule has 0 aliphatic heterocycles. The van der Waals surface area contributed by atoms with Gasteiger partial charge in [-0.05, 0) is 44.9 Å². The SMILES string of the molecule is CCCCN[Si](CCC)(NCCCC)NCCCC. The molecule has 0 aromatic heterocycles. The second-order valence-corrected chi connectivity index (χ2v) is 8.87. The normalized spacial score (nSPS) is 12.0. The summed E-state index contributed by atoms with van der Waals surface area (Å²) in [5.74, 6) is 0. The van der Waals surface area contributed by atoms with Gasteiger partial charge in [-0.15, -0.1) is 0 Å². The molecule has 0 unspecified atom stereocenters. The number of hydrogen-bond acceptors (Lipinski definition) is 3. The predicted octanol–water partition coefficient (Wildman–Crippen LogP) is 3.50. The highest BCUT2D eigenvalue weighted by atomic mass is 28.4. The van der Waals surface area contributed by atoms with Gasteiger partial charge in [0, 0.05) is 0 Å². The van der Waals surface area contributed by atoms with Gasteiger partial charge in [0.1, 0.15) is 0 Å². The molecule has 0 aliphatic rings. The second kappa shape index (κ2) is 13.1. The first kappa shape index (κ1) is 19.1. The van der Waals surface area contributed by atoms with Gasteiger partial charge in [-0.1, -0.05) is 53.4 Å². The molecule has 4 heteroatoms. The third kappa shape index (κ3) is 9.60. The van der Waals surface area contributed by atoms with Crippen molar-refractivity contribution in [2.24, 2.45) is 0 Å². The maximum Gasteiger partial charge on any atom is 0.281 e. The van der Waals surface area contributed by atoms with Crippen LogP contribution >= 0.6 is 0 Å². The van der Waals surface area contributed by atoms with Gasteiger partial charge in [0.25, 0.3) is 8.56 Å². The Labute approximate surface area is 122 Å². The van der Waals surface area contributed by atoms with E-state index < -0.39 is 8.56 Å². The second-order valence-electron chi connectivity index (χ2n) is 5.50. The molecule has 0 heterocycles. The first-order valence-corrected chi connectivity index (χ1v) is 10.7. The van der Waals surface area contributed by atoms with Crippen molar-refractivity contribution < 1.29 is 0 Å². The fourth-order valence-corrected chi connectivity index (χ4v) is 5.73. The summed E-state index contributed by atoms with van der Waals surface area (Å²) in [4.78, 5) is 11.6. The van der Waals surface area contributed by atoms with E-state index in [1.807, 2.05) is 0 Å². The molecular formula is C15H37N3Si. The van der Waals surface area contributed by atoms with Crippen molar-refractivity contribution in [2.75, 3.05) is 19.6 Å². The standard InChI is InChI=1S/C15H37N3Si/c1-5-9-12-16-19(15-8-4,17-13-10-6-2)18-14-11-7-3/h16-18H,5-15H2,1-4H3. The number of unbranched alkanes of at least 4 members (excludes halogenated alkanes) is 3. The molecule has 0 saturated heterocycles. The Morgan fingerprint density at radius 1 is 0.579 bits per heavy atom. The Balaban J connectivity index is 4.37. The third-order valence-corrected chi connectivity index (χ3v) is 7.31. The van der Waals surface area contributed by atoms with Gasteiger partial charge in [-0.2, -0.15) is 0 Å². The van der Waals surface area contributed by atoms with Crippen LogP contribution in [0.4, 0.5) is 0 Å². The van der Waals surface area contributed by atoms with Crippen LogP contribution in [0.15, 0.2) is 0 Å². The highest BCUT2D eigenvalue weighted by Crippen LogP contribution is 2.04. The molecule has 0 radical (unpaired) electrons. The molecule has 0 aromatic carbocycles. The molecule has 0 saturated carbocycles. The molecule has 0 rings (SSSR count). The quantitative estimate of drug-likeness (QED) is 0.338. The number of nitrogens with one attached hydrogen (secondary N) is 3. The molecule has 19 heavy (non-hydrogen) atoms. The summed E-state index contributed by atoms with van der Waals surface area (Å²) in [6, 6.07) is 1.28. The summed E-state index contributed by atoms with van der Waals surface area (Å²) in [6.07, 6.45) is 8.91. The molecule has 0 aliphatic carbocycles. The maximum atomic E-state index is 3.87. The highest BCUT2D eigenvalue weighted by Gasteiger charge is 2.31. The summed E-state index contributed by atoms with van der Waals surface area (Å²) >= 11 is 0. The van der Waals surface area contributed by atoms with Crippen LogP contribution in [0.3, 0.4) is 0 Å². The van der Waals surface area contributed by atoms with Gasteiger partial charge < -0.3 is 14.9 Å². The number of rotatable bonds is 14. The van der Waals surface area contributed by atoms with Crippen LogP contribution in [0.2, 0.25) is 6.04 Å². The van der Waals surface area contributed by atoms with Crippen LogP contribution in [0.25, 0.3) is 0 Å². The molecule has 3 N–H and O–H groups in total. The van der Waals surface area contributed by atoms with Crippen molar-refractivity contribution >= 4 is 8.56 Å². The van der Waals surface area contributed by atoms with Crippen LogP contribution in [0.5, 0.6) is 0 Å². The van der Waals surface area contributed by atoms with Crippen molar-refractivity contribution in [2.45, 2.75) is 78.7 Å². The molecule has 116 valence electrons. The van der Waals surface area contributed by atoms with Crippen molar-refractivity contribution in [3.05, 3.63) is 0 Å². The van der Waals surface area contributed by atoms with Crippen LogP contribution < -0.4 is 14.9 Å². The molecular weight excluding hydrogens is 250 g/mol. The van der Waals surface area contributed by atoms with Gasteiger partial charge >= 0.3 is 0 Å². The molecule has 0 aromatic rings. The van der Waals surface area contributed by atoms with Crippen LogP contribution in [0.1, 0.15) is 72.6 Å². The first-order chi connectivity index (χ1) is 9.24. The van der Waals surface area contributed by atoms with Crippen molar-refractivity contribution in [3.63, 3.8) is 0 Å². The Kier molecular flexibility index (Phi) is 13.2. The first-order valence-electron chi connectivity index (χ1n) is 8.49. The average molecular weight is 288 g/mol. The minimum Gasteiger partial charge on any atom is -0.313 e. The maximum absolute atomic E-state index is 3.87. The van der Waals surface area contributed by atoms with E-state index >= 15 is 0 Å².